The Morgan fingerprint density at radius 2 is 2.10 bits per heavy atom. The van der Waals surface area contributed by atoms with Crippen molar-refractivity contribution in [1.82, 2.24) is 5.32 Å². The number of rotatable bonds is 9. The first-order valence-electron chi connectivity index (χ1n) is 6.84. The quantitative estimate of drug-likeness (QED) is 0.414. The van der Waals surface area contributed by atoms with Crippen molar-refractivity contribution in [3.63, 3.8) is 0 Å². The summed E-state index contributed by atoms with van der Waals surface area (Å²) in [5.41, 5.74) is 0.410. The highest BCUT2D eigenvalue weighted by Gasteiger charge is 2.20. The van der Waals surface area contributed by atoms with Crippen molar-refractivity contribution < 1.29 is 14.5 Å². The van der Waals surface area contributed by atoms with Crippen LogP contribution in [0.25, 0.3) is 0 Å². The van der Waals surface area contributed by atoms with Crippen molar-refractivity contribution in [2.24, 2.45) is 0 Å². The Morgan fingerprint density at radius 1 is 1.33 bits per heavy atom. The van der Waals surface area contributed by atoms with E-state index in [1.54, 1.807) is 20.2 Å². The second kappa shape index (κ2) is 8.91. The van der Waals surface area contributed by atoms with E-state index in [9.17, 15) is 14.9 Å². The SMILES string of the molecule is CNc1c(C(=O)NCCCCCOC)cccc1[N+](=O)[O-]. The summed E-state index contributed by atoms with van der Waals surface area (Å²) in [5, 5.41) is 16.4. The van der Waals surface area contributed by atoms with Crippen LogP contribution >= 0.6 is 0 Å². The average molecular weight is 295 g/mol. The van der Waals surface area contributed by atoms with E-state index in [0.29, 0.717) is 13.2 Å². The van der Waals surface area contributed by atoms with E-state index in [0.717, 1.165) is 19.3 Å². The van der Waals surface area contributed by atoms with Gasteiger partial charge >= 0.3 is 0 Å². The molecule has 0 radical (unpaired) electrons. The van der Waals surface area contributed by atoms with E-state index in [1.165, 1.54) is 12.1 Å². The maximum absolute atomic E-state index is 12.1. The lowest BCUT2D eigenvalue weighted by Crippen LogP contribution is -2.25. The number of benzene rings is 1. The fourth-order valence-corrected chi connectivity index (χ4v) is 1.99. The molecule has 2 N–H and O–H groups in total. The number of amides is 1. The largest absolute Gasteiger partial charge is 0.385 e. The van der Waals surface area contributed by atoms with Crippen LogP contribution < -0.4 is 10.6 Å². The summed E-state index contributed by atoms with van der Waals surface area (Å²) in [6, 6.07) is 4.44. The van der Waals surface area contributed by atoms with Crippen LogP contribution in [0.3, 0.4) is 0 Å². The molecule has 0 aromatic heterocycles. The molecule has 0 unspecified atom stereocenters. The predicted octanol–water partition coefficient (Wildman–Crippen LogP) is 2.18. The number of nitrogens with one attached hydrogen (secondary N) is 2. The molecule has 1 aromatic rings. The number of carbonyl (C=O) groups is 1. The van der Waals surface area contributed by atoms with Gasteiger partial charge in [0.25, 0.3) is 11.6 Å². The highest BCUT2D eigenvalue weighted by molar-refractivity contribution is 6.01. The number of unbranched alkanes of at least 4 members (excludes halogenated alkanes) is 2. The lowest BCUT2D eigenvalue weighted by atomic mass is 10.1. The summed E-state index contributed by atoms with van der Waals surface area (Å²) in [4.78, 5) is 22.5. The van der Waals surface area contributed by atoms with E-state index in [-0.39, 0.29) is 22.8 Å². The second-order valence-corrected chi connectivity index (χ2v) is 4.52. The minimum atomic E-state index is -0.507. The minimum Gasteiger partial charge on any atom is -0.385 e. The molecule has 21 heavy (non-hydrogen) atoms. The van der Waals surface area contributed by atoms with Gasteiger partial charge in [0, 0.05) is 33.4 Å². The van der Waals surface area contributed by atoms with Gasteiger partial charge in [0.05, 0.1) is 10.5 Å². The van der Waals surface area contributed by atoms with Crippen molar-refractivity contribution in [2.45, 2.75) is 19.3 Å². The predicted molar refractivity (Wildman–Crippen MR) is 80.7 cm³/mol. The number of carbonyl (C=O) groups excluding carboxylic acids is 1. The van der Waals surface area contributed by atoms with Crippen molar-refractivity contribution in [2.75, 3.05) is 32.6 Å². The topological polar surface area (TPSA) is 93.5 Å². The van der Waals surface area contributed by atoms with E-state index >= 15 is 0 Å². The summed E-state index contributed by atoms with van der Waals surface area (Å²) in [6.45, 7) is 1.25. The molecule has 116 valence electrons. The molecule has 0 bridgehead atoms. The van der Waals surface area contributed by atoms with Crippen molar-refractivity contribution in [3.05, 3.63) is 33.9 Å². The van der Waals surface area contributed by atoms with Gasteiger partial charge in [-0.25, -0.2) is 0 Å². The maximum atomic E-state index is 12.1. The van der Waals surface area contributed by atoms with Gasteiger partial charge in [-0.2, -0.15) is 0 Å². The van der Waals surface area contributed by atoms with Crippen LogP contribution in [0.15, 0.2) is 18.2 Å². The van der Waals surface area contributed by atoms with Crippen molar-refractivity contribution in [1.29, 1.82) is 0 Å². The van der Waals surface area contributed by atoms with Gasteiger partial charge in [-0.15, -0.1) is 0 Å². The van der Waals surface area contributed by atoms with Gasteiger partial charge in [-0.05, 0) is 25.3 Å². The van der Waals surface area contributed by atoms with E-state index in [1.807, 2.05) is 0 Å². The number of nitro benzene ring substituents is 1. The Labute approximate surface area is 123 Å². The minimum absolute atomic E-state index is 0.106. The number of ether oxygens (including phenoxy) is 1. The van der Waals surface area contributed by atoms with Crippen molar-refractivity contribution >= 4 is 17.3 Å². The number of nitrogens with zero attached hydrogens (tertiary/aromatic N) is 1. The van der Waals surface area contributed by atoms with Crippen LogP contribution in [0, 0.1) is 10.1 Å². The zero-order chi connectivity index (χ0) is 15.7. The lowest BCUT2D eigenvalue weighted by molar-refractivity contribution is -0.384. The maximum Gasteiger partial charge on any atom is 0.293 e. The van der Waals surface area contributed by atoms with Crippen LogP contribution in [-0.2, 0) is 4.74 Å². The Balaban J connectivity index is 2.62. The molecule has 0 atom stereocenters. The number of hydrogen-bond donors (Lipinski definition) is 2. The highest BCUT2D eigenvalue weighted by Crippen LogP contribution is 2.27. The number of nitro groups is 1. The molecule has 7 heteroatoms. The monoisotopic (exact) mass is 295 g/mol. The third-order valence-corrected chi connectivity index (χ3v) is 3.04. The number of hydrogen-bond acceptors (Lipinski definition) is 5. The fourth-order valence-electron chi connectivity index (χ4n) is 1.99. The molecule has 1 rings (SSSR count). The molecule has 7 nitrogen and oxygen atoms in total. The molecule has 0 spiro atoms. The highest BCUT2D eigenvalue weighted by atomic mass is 16.6. The van der Waals surface area contributed by atoms with Crippen LogP contribution in [0.1, 0.15) is 29.6 Å². The molecule has 1 aromatic carbocycles. The molecule has 0 aliphatic carbocycles. The first kappa shape index (κ1) is 16.9. The third kappa shape index (κ3) is 5.03. The van der Waals surface area contributed by atoms with Crippen LogP contribution in [0.5, 0.6) is 0 Å². The van der Waals surface area contributed by atoms with Gasteiger partial charge in [0.2, 0.25) is 0 Å². The van der Waals surface area contributed by atoms with E-state index in [4.69, 9.17) is 4.74 Å². The lowest BCUT2D eigenvalue weighted by Gasteiger charge is -2.10. The van der Waals surface area contributed by atoms with E-state index in [2.05, 4.69) is 10.6 Å². The summed E-state index contributed by atoms with van der Waals surface area (Å²) >= 11 is 0. The normalized spacial score (nSPS) is 10.2. The van der Waals surface area contributed by atoms with Gasteiger partial charge in [-0.3, -0.25) is 14.9 Å². The fraction of sp³-hybridized carbons (Fsp3) is 0.500. The number of anilines is 1. The zero-order valence-electron chi connectivity index (χ0n) is 12.3. The summed E-state index contributed by atoms with van der Waals surface area (Å²) in [6.07, 6.45) is 2.76. The number of para-hydroxylation sites is 1. The Hall–Kier alpha value is -2.15. The summed E-state index contributed by atoms with van der Waals surface area (Å²) in [5.74, 6) is -0.310. The van der Waals surface area contributed by atoms with Gasteiger partial charge in [0.15, 0.2) is 0 Å². The average Bonchev–Trinajstić information content (AvgIpc) is 2.49. The molecule has 0 heterocycles. The Kier molecular flexibility index (Phi) is 7.17. The molecular weight excluding hydrogens is 274 g/mol. The van der Waals surface area contributed by atoms with Crippen LogP contribution in [0.2, 0.25) is 0 Å². The first-order valence-corrected chi connectivity index (χ1v) is 6.84. The van der Waals surface area contributed by atoms with E-state index < -0.39 is 4.92 Å². The Morgan fingerprint density at radius 3 is 2.71 bits per heavy atom. The zero-order valence-corrected chi connectivity index (χ0v) is 12.3. The van der Waals surface area contributed by atoms with Crippen LogP contribution in [0.4, 0.5) is 11.4 Å². The van der Waals surface area contributed by atoms with Gasteiger partial charge in [-0.1, -0.05) is 6.07 Å². The Bertz CT molecular complexity index is 491. The standard InChI is InChI=1S/C14H21N3O4/c1-15-13-11(7-6-8-12(13)17(19)20)14(18)16-9-4-3-5-10-21-2/h6-8,15H,3-5,9-10H2,1-2H3,(H,16,18). The van der Waals surface area contributed by atoms with Crippen molar-refractivity contribution in [3.8, 4) is 0 Å². The third-order valence-electron chi connectivity index (χ3n) is 3.04. The molecular formula is C14H21N3O4. The van der Waals surface area contributed by atoms with Crippen LogP contribution in [-0.4, -0.2) is 38.1 Å². The molecule has 0 aliphatic heterocycles. The van der Waals surface area contributed by atoms with Gasteiger partial charge < -0.3 is 15.4 Å². The molecule has 0 saturated heterocycles. The smallest absolute Gasteiger partial charge is 0.293 e. The second-order valence-electron chi connectivity index (χ2n) is 4.52. The molecule has 0 saturated carbocycles. The summed E-state index contributed by atoms with van der Waals surface area (Å²) < 4.78 is 4.95. The first-order chi connectivity index (χ1) is 10.1. The van der Waals surface area contributed by atoms with Gasteiger partial charge in [0.1, 0.15) is 5.69 Å². The summed E-state index contributed by atoms with van der Waals surface area (Å²) in [7, 11) is 3.22. The molecule has 0 aliphatic rings. The number of methoxy groups -OCH3 is 1. The molecule has 0 fully saturated rings. The molecule has 1 amide bonds.